The maximum atomic E-state index is 14.0. The van der Waals surface area contributed by atoms with Crippen LogP contribution in [0.2, 0.25) is 5.02 Å². The van der Waals surface area contributed by atoms with Crippen LogP contribution in [0.25, 0.3) is 0 Å². The van der Waals surface area contributed by atoms with Crippen molar-refractivity contribution in [2.24, 2.45) is 5.92 Å². The topological polar surface area (TPSA) is 75.6 Å². The van der Waals surface area contributed by atoms with E-state index in [2.05, 4.69) is 14.9 Å². The highest BCUT2D eigenvalue weighted by Crippen LogP contribution is 2.25. The number of piperidine rings is 1. The van der Waals surface area contributed by atoms with E-state index < -0.39 is 11.8 Å². The molecule has 1 aromatic carbocycles. The molecular weight excluding hydrogens is 385 g/mol. The lowest BCUT2D eigenvalue weighted by Crippen LogP contribution is -2.34. The summed E-state index contributed by atoms with van der Waals surface area (Å²) in [5.41, 5.74) is 0.425. The van der Waals surface area contributed by atoms with E-state index in [4.69, 9.17) is 21.4 Å². The van der Waals surface area contributed by atoms with Gasteiger partial charge in [0, 0.05) is 13.1 Å². The van der Waals surface area contributed by atoms with Crippen LogP contribution in [0.1, 0.15) is 31.2 Å². The Labute approximate surface area is 168 Å². The molecule has 0 radical (unpaired) electrons. The van der Waals surface area contributed by atoms with Gasteiger partial charge in [-0.1, -0.05) is 17.7 Å². The minimum atomic E-state index is -0.984. The van der Waals surface area contributed by atoms with Gasteiger partial charge in [-0.3, -0.25) is 4.79 Å². The van der Waals surface area contributed by atoms with Gasteiger partial charge in [0.25, 0.3) is 0 Å². The zero-order valence-corrected chi connectivity index (χ0v) is 16.2. The van der Waals surface area contributed by atoms with Gasteiger partial charge in [-0.05, 0) is 49.3 Å². The maximum Gasteiger partial charge on any atom is 0.307 e. The highest BCUT2D eigenvalue weighted by Gasteiger charge is 2.20. The largest absolute Gasteiger partial charge is 0.491 e. The molecule has 0 aliphatic carbocycles. The summed E-state index contributed by atoms with van der Waals surface area (Å²) in [6, 6.07) is 4.30. The summed E-state index contributed by atoms with van der Waals surface area (Å²) in [4.78, 5) is 21.4. The van der Waals surface area contributed by atoms with Crippen LogP contribution >= 0.6 is 11.6 Å². The maximum absolute atomic E-state index is 14.0. The number of ether oxygens (including phenoxy) is 1. The molecule has 0 bridgehead atoms. The normalized spacial score (nSPS) is 14.9. The molecule has 1 fully saturated rings. The van der Waals surface area contributed by atoms with Crippen molar-refractivity contribution in [2.75, 3.05) is 24.6 Å². The fourth-order valence-corrected chi connectivity index (χ4v) is 3.49. The summed E-state index contributed by atoms with van der Waals surface area (Å²) in [5, 5.41) is 9.28. The molecule has 0 amide bonds. The van der Waals surface area contributed by atoms with Crippen molar-refractivity contribution in [3.8, 4) is 5.75 Å². The average Bonchev–Trinajstić information content (AvgIpc) is 2.67. The van der Waals surface area contributed by atoms with Gasteiger partial charge in [0.1, 0.15) is 0 Å². The van der Waals surface area contributed by atoms with Crippen molar-refractivity contribution >= 4 is 23.5 Å². The quantitative estimate of drug-likeness (QED) is 0.667. The van der Waals surface area contributed by atoms with Gasteiger partial charge in [-0.25, -0.2) is 14.4 Å². The highest BCUT2D eigenvalue weighted by atomic mass is 35.5. The lowest BCUT2D eigenvalue weighted by Gasteiger charge is -2.31. The lowest BCUT2D eigenvalue weighted by molar-refractivity contribution is -0.136. The molecule has 1 aliphatic heterocycles. The van der Waals surface area contributed by atoms with Crippen LogP contribution in [0.15, 0.2) is 30.6 Å². The SMILES string of the molecule is O=C(O)Cc1ccc(OCCCC2CCN(c3ncc(Cl)cn3)CC2)c(F)c1. The summed E-state index contributed by atoms with van der Waals surface area (Å²) < 4.78 is 19.5. The number of hydrogen-bond acceptors (Lipinski definition) is 5. The highest BCUT2D eigenvalue weighted by molar-refractivity contribution is 6.30. The van der Waals surface area contributed by atoms with Crippen LogP contribution in [-0.2, 0) is 11.2 Å². The van der Waals surface area contributed by atoms with Gasteiger partial charge < -0.3 is 14.7 Å². The number of nitrogens with zero attached hydrogens (tertiary/aromatic N) is 3. The molecule has 0 saturated carbocycles. The fourth-order valence-electron chi connectivity index (χ4n) is 3.39. The number of aliphatic carboxylic acids is 1. The van der Waals surface area contributed by atoms with Crippen LogP contribution in [-0.4, -0.2) is 40.7 Å². The molecule has 0 atom stereocenters. The van der Waals surface area contributed by atoms with Crippen molar-refractivity contribution < 1.29 is 19.0 Å². The van der Waals surface area contributed by atoms with Gasteiger partial charge in [0.05, 0.1) is 30.4 Å². The molecule has 0 spiro atoms. The van der Waals surface area contributed by atoms with Crippen molar-refractivity contribution in [1.29, 1.82) is 0 Å². The van der Waals surface area contributed by atoms with Gasteiger partial charge in [-0.2, -0.15) is 0 Å². The molecule has 1 aliphatic rings. The smallest absolute Gasteiger partial charge is 0.307 e. The zero-order chi connectivity index (χ0) is 19.9. The van der Waals surface area contributed by atoms with Crippen LogP contribution in [0, 0.1) is 11.7 Å². The van der Waals surface area contributed by atoms with E-state index in [-0.39, 0.29) is 12.2 Å². The lowest BCUT2D eigenvalue weighted by atomic mass is 9.92. The first-order valence-electron chi connectivity index (χ1n) is 9.37. The van der Waals surface area contributed by atoms with Crippen molar-refractivity contribution in [1.82, 2.24) is 9.97 Å². The van der Waals surface area contributed by atoms with Gasteiger partial charge >= 0.3 is 5.97 Å². The van der Waals surface area contributed by atoms with Gasteiger partial charge in [0.2, 0.25) is 5.95 Å². The standard InChI is InChI=1S/C20H23ClFN3O3/c21-16-12-23-20(24-13-16)25-7-5-14(6-8-25)2-1-9-28-18-4-3-15(10-17(18)22)11-19(26)27/h3-4,10,12-14H,1-2,5-9,11H2,(H,26,27). The second-order valence-electron chi connectivity index (χ2n) is 6.96. The number of halogens is 2. The Morgan fingerprint density at radius 3 is 2.64 bits per heavy atom. The third-order valence-electron chi connectivity index (χ3n) is 4.87. The Balaban J connectivity index is 1.37. The molecular formula is C20H23ClFN3O3. The number of benzene rings is 1. The molecule has 1 aromatic heterocycles. The first-order valence-corrected chi connectivity index (χ1v) is 9.74. The minimum Gasteiger partial charge on any atom is -0.491 e. The number of hydrogen-bond donors (Lipinski definition) is 1. The number of rotatable bonds is 8. The third-order valence-corrected chi connectivity index (χ3v) is 5.07. The van der Waals surface area contributed by atoms with E-state index in [0.717, 1.165) is 38.8 Å². The van der Waals surface area contributed by atoms with E-state index in [0.29, 0.717) is 29.1 Å². The molecule has 0 unspecified atom stereocenters. The molecule has 8 heteroatoms. The van der Waals surface area contributed by atoms with Crippen LogP contribution < -0.4 is 9.64 Å². The number of aromatic nitrogens is 2. The number of carboxylic acids is 1. The van der Waals surface area contributed by atoms with Crippen molar-refractivity contribution in [2.45, 2.75) is 32.1 Å². The molecule has 2 aromatic rings. The predicted octanol–water partition coefficient (Wildman–Crippen LogP) is 3.97. The minimum absolute atomic E-state index is 0.170. The second kappa shape index (κ2) is 9.68. The molecule has 1 saturated heterocycles. The summed E-state index contributed by atoms with van der Waals surface area (Å²) in [6.07, 6.45) is 7.01. The summed E-state index contributed by atoms with van der Waals surface area (Å²) in [7, 11) is 0. The first-order chi connectivity index (χ1) is 13.5. The Hall–Kier alpha value is -2.41. The molecule has 1 N–H and O–H groups in total. The van der Waals surface area contributed by atoms with E-state index in [1.165, 1.54) is 12.1 Å². The number of carbonyl (C=O) groups is 1. The van der Waals surface area contributed by atoms with Crippen molar-refractivity contribution in [3.63, 3.8) is 0 Å². The van der Waals surface area contributed by atoms with Gasteiger partial charge in [0.15, 0.2) is 11.6 Å². The predicted molar refractivity (Wildman–Crippen MR) is 104 cm³/mol. The monoisotopic (exact) mass is 407 g/mol. The third kappa shape index (κ3) is 5.79. The Bertz CT molecular complexity index is 796. The Morgan fingerprint density at radius 1 is 1.29 bits per heavy atom. The molecule has 150 valence electrons. The average molecular weight is 408 g/mol. The molecule has 6 nitrogen and oxygen atoms in total. The summed E-state index contributed by atoms with van der Waals surface area (Å²) >= 11 is 5.82. The second-order valence-corrected chi connectivity index (χ2v) is 7.39. The van der Waals surface area contributed by atoms with Crippen molar-refractivity contribution in [3.05, 3.63) is 47.0 Å². The van der Waals surface area contributed by atoms with Crippen LogP contribution in [0.4, 0.5) is 10.3 Å². The number of carboxylic acid groups (broad SMARTS) is 1. The fraction of sp³-hybridized carbons (Fsp3) is 0.450. The molecule has 28 heavy (non-hydrogen) atoms. The van der Waals surface area contributed by atoms with E-state index in [1.54, 1.807) is 18.5 Å². The van der Waals surface area contributed by atoms with E-state index in [9.17, 15) is 9.18 Å². The van der Waals surface area contributed by atoms with Gasteiger partial charge in [-0.15, -0.1) is 0 Å². The Kier molecular flexibility index (Phi) is 7.03. The van der Waals surface area contributed by atoms with E-state index in [1.807, 2.05) is 0 Å². The summed E-state index contributed by atoms with van der Waals surface area (Å²) in [6.45, 7) is 2.26. The number of anilines is 1. The molecule has 2 heterocycles. The van der Waals surface area contributed by atoms with E-state index >= 15 is 0 Å². The Morgan fingerprint density at radius 2 is 2.00 bits per heavy atom. The first kappa shape index (κ1) is 20.3. The zero-order valence-electron chi connectivity index (χ0n) is 15.5. The molecule has 3 rings (SSSR count). The van der Waals surface area contributed by atoms with Crippen LogP contribution in [0.3, 0.4) is 0 Å². The van der Waals surface area contributed by atoms with Crippen LogP contribution in [0.5, 0.6) is 5.75 Å². The summed E-state index contributed by atoms with van der Waals surface area (Å²) in [5.74, 6) is -0.0106.